The fourth-order valence-electron chi connectivity index (χ4n) is 5.15. The van der Waals surface area contributed by atoms with Crippen LogP contribution in [0.4, 0.5) is 0 Å². The zero-order valence-electron chi connectivity index (χ0n) is 20.2. The van der Waals surface area contributed by atoms with Gasteiger partial charge in [0, 0.05) is 0 Å². The predicted molar refractivity (Wildman–Crippen MR) is 152 cm³/mol. The van der Waals surface area contributed by atoms with Crippen molar-refractivity contribution in [2.45, 2.75) is 57.7 Å². The van der Waals surface area contributed by atoms with Crippen LogP contribution in [0.2, 0.25) is 0 Å². The number of unbranched alkanes of at least 4 members (excludes halogenated alkanes) is 4. The zero-order chi connectivity index (χ0) is 23.6. The number of hydrogen-bond acceptors (Lipinski definition) is 2. The van der Waals surface area contributed by atoms with Crippen LogP contribution in [0, 0.1) is 0 Å². The molecule has 1 fully saturated rings. The van der Waals surface area contributed by atoms with Crippen molar-refractivity contribution in [2.24, 2.45) is 0 Å². The van der Waals surface area contributed by atoms with Gasteiger partial charge >= 0.3 is 214 Å². The van der Waals surface area contributed by atoms with Crippen molar-refractivity contribution in [2.75, 3.05) is 19.4 Å². The molecule has 1 unspecified atom stereocenters. The van der Waals surface area contributed by atoms with Gasteiger partial charge in [-0.2, -0.15) is 0 Å². The standard InChI is InChI=1S/C30H38BrO2P/c31-34(27-17-7-4-8-18-27,28-19-9-5-10-20-28,29-21-11-6-12-22-29)26-16-3-1-2-14-24-32-30-23-13-15-25-33-30/h4-12,17-22,30H,1-3,13-16,23-26H2. The Bertz CT molecular complexity index is 875. The minimum atomic E-state index is -2.76. The van der Waals surface area contributed by atoms with Crippen LogP contribution < -0.4 is 15.9 Å². The van der Waals surface area contributed by atoms with Crippen molar-refractivity contribution in [1.82, 2.24) is 0 Å². The first-order chi connectivity index (χ1) is 16.7. The molecule has 4 heteroatoms. The maximum absolute atomic E-state index is 5.91. The van der Waals surface area contributed by atoms with Crippen LogP contribution in [0.1, 0.15) is 51.4 Å². The van der Waals surface area contributed by atoms with Crippen LogP contribution in [-0.2, 0) is 9.47 Å². The number of ether oxygens (including phenoxy) is 2. The molecule has 1 heterocycles. The van der Waals surface area contributed by atoms with E-state index >= 15 is 0 Å². The summed E-state index contributed by atoms with van der Waals surface area (Å²) < 4.78 is 11.6. The number of halogens is 1. The molecule has 34 heavy (non-hydrogen) atoms. The summed E-state index contributed by atoms with van der Waals surface area (Å²) in [5.41, 5.74) is 0. The Hall–Kier alpha value is -1.51. The van der Waals surface area contributed by atoms with E-state index in [1.807, 2.05) is 0 Å². The third kappa shape index (κ3) is 5.82. The topological polar surface area (TPSA) is 18.5 Å². The first-order valence-electron chi connectivity index (χ1n) is 12.8. The van der Waals surface area contributed by atoms with Crippen LogP contribution in [0.5, 0.6) is 0 Å². The van der Waals surface area contributed by atoms with Gasteiger partial charge in [0.05, 0.1) is 0 Å². The second-order valence-electron chi connectivity index (χ2n) is 9.35. The molecule has 3 aromatic carbocycles. The number of rotatable bonds is 12. The molecule has 0 amide bonds. The van der Waals surface area contributed by atoms with Crippen molar-refractivity contribution in [3.8, 4) is 0 Å². The monoisotopic (exact) mass is 540 g/mol. The van der Waals surface area contributed by atoms with Crippen LogP contribution in [-0.4, -0.2) is 25.7 Å². The summed E-state index contributed by atoms with van der Waals surface area (Å²) in [6.07, 6.45) is 10.6. The predicted octanol–water partition coefficient (Wildman–Crippen LogP) is 7.32. The fraction of sp³-hybridized carbons (Fsp3) is 0.400. The van der Waals surface area contributed by atoms with Gasteiger partial charge in [-0.1, -0.05) is 0 Å². The van der Waals surface area contributed by atoms with Gasteiger partial charge in [-0.3, -0.25) is 0 Å². The van der Waals surface area contributed by atoms with Gasteiger partial charge in [0.25, 0.3) is 0 Å². The molecule has 0 aromatic heterocycles. The minimum absolute atomic E-state index is 0.0379. The van der Waals surface area contributed by atoms with Gasteiger partial charge in [0.2, 0.25) is 0 Å². The summed E-state index contributed by atoms with van der Waals surface area (Å²) >= 11 is 4.55. The van der Waals surface area contributed by atoms with Crippen molar-refractivity contribution in [1.29, 1.82) is 0 Å². The Morgan fingerprint density at radius 2 is 1.18 bits per heavy atom. The molecule has 1 saturated heterocycles. The summed E-state index contributed by atoms with van der Waals surface area (Å²) in [6, 6.07) is 33.3. The molecular weight excluding hydrogens is 503 g/mol. The first-order valence-corrected chi connectivity index (χ1v) is 17.3. The molecule has 2 nitrogen and oxygen atoms in total. The summed E-state index contributed by atoms with van der Waals surface area (Å²) in [7, 11) is 0. The van der Waals surface area contributed by atoms with Crippen LogP contribution in [0.25, 0.3) is 0 Å². The van der Waals surface area contributed by atoms with Crippen molar-refractivity contribution >= 4 is 36.7 Å². The van der Waals surface area contributed by atoms with Gasteiger partial charge in [0.15, 0.2) is 0 Å². The number of benzene rings is 3. The molecule has 1 aliphatic rings. The molecule has 0 saturated carbocycles. The molecule has 182 valence electrons. The Labute approximate surface area is 213 Å². The van der Waals surface area contributed by atoms with Crippen LogP contribution >= 0.6 is 20.8 Å². The normalized spacial score (nSPS) is 17.7. The van der Waals surface area contributed by atoms with E-state index in [1.165, 1.54) is 54.4 Å². The second kappa shape index (κ2) is 12.5. The molecule has 3 aromatic rings. The van der Waals surface area contributed by atoms with Crippen LogP contribution in [0.3, 0.4) is 0 Å². The SMILES string of the molecule is BrP(CCCCCCCOC1CCCCO1)(c1ccccc1)(c1ccccc1)c1ccccc1. The van der Waals surface area contributed by atoms with E-state index in [4.69, 9.17) is 9.47 Å². The average Bonchev–Trinajstić information content (AvgIpc) is 2.92. The second-order valence-corrected chi connectivity index (χ2v) is 18.4. The molecule has 1 aliphatic heterocycles. The maximum atomic E-state index is 5.91. The van der Waals surface area contributed by atoms with E-state index in [0.29, 0.717) is 0 Å². The van der Waals surface area contributed by atoms with E-state index in [1.54, 1.807) is 0 Å². The molecule has 4 rings (SSSR count). The molecule has 0 aliphatic carbocycles. The molecule has 0 bridgehead atoms. The van der Waals surface area contributed by atoms with E-state index in [0.717, 1.165) is 32.2 Å². The van der Waals surface area contributed by atoms with Gasteiger partial charge in [0.1, 0.15) is 0 Å². The quantitative estimate of drug-likeness (QED) is 0.177. The van der Waals surface area contributed by atoms with Gasteiger partial charge in [-0.15, -0.1) is 0 Å². The molecular formula is C30H38BrO2P. The first kappa shape index (κ1) is 25.6. The van der Waals surface area contributed by atoms with Gasteiger partial charge in [-0.05, 0) is 0 Å². The molecule has 1 atom stereocenters. The van der Waals surface area contributed by atoms with Crippen molar-refractivity contribution < 1.29 is 9.47 Å². The molecule has 0 spiro atoms. The average molecular weight is 542 g/mol. The summed E-state index contributed by atoms with van der Waals surface area (Å²) in [4.78, 5) is 0. The number of hydrogen-bond donors (Lipinski definition) is 0. The van der Waals surface area contributed by atoms with E-state index in [9.17, 15) is 0 Å². The third-order valence-electron chi connectivity index (χ3n) is 7.05. The van der Waals surface area contributed by atoms with E-state index < -0.39 is 5.31 Å². The third-order valence-corrected chi connectivity index (χ3v) is 17.1. The zero-order valence-corrected chi connectivity index (χ0v) is 22.6. The van der Waals surface area contributed by atoms with Gasteiger partial charge in [-0.25, -0.2) is 0 Å². The Balaban J connectivity index is 1.44. The summed E-state index contributed by atoms with van der Waals surface area (Å²) in [6.45, 7) is 1.67. The summed E-state index contributed by atoms with van der Waals surface area (Å²) in [5, 5.41) is 1.46. The fourth-order valence-corrected chi connectivity index (χ4v) is 12.9. The van der Waals surface area contributed by atoms with Crippen molar-refractivity contribution in [3.05, 3.63) is 91.0 Å². The summed E-state index contributed by atoms with van der Waals surface area (Å²) in [5.74, 6) is 0. The van der Waals surface area contributed by atoms with Crippen LogP contribution in [0.15, 0.2) is 91.0 Å². The van der Waals surface area contributed by atoms with E-state index in [2.05, 4.69) is 106 Å². The van der Waals surface area contributed by atoms with E-state index in [-0.39, 0.29) is 6.29 Å². The molecule has 0 N–H and O–H groups in total. The van der Waals surface area contributed by atoms with Crippen molar-refractivity contribution in [3.63, 3.8) is 0 Å². The Kier molecular flexibility index (Phi) is 9.37. The van der Waals surface area contributed by atoms with Gasteiger partial charge < -0.3 is 0 Å². The Morgan fingerprint density at radius 1 is 0.676 bits per heavy atom. The Morgan fingerprint density at radius 3 is 1.68 bits per heavy atom. The molecule has 0 radical (unpaired) electrons.